The Kier molecular flexibility index (Phi) is 1.67. The zero-order chi connectivity index (χ0) is 10.5. The molecule has 0 aliphatic heterocycles. The number of aromatic nitrogens is 1. The first-order chi connectivity index (χ1) is 7.23. The average molecular weight is 205 g/mol. The molecule has 1 aliphatic carbocycles. The molecule has 1 saturated carbocycles. The Morgan fingerprint density at radius 2 is 2.33 bits per heavy atom. The molecule has 2 aromatic rings. The summed E-state index contributed by atoms with van der Waals surface area (Å²) in [6.45, 7) is 2.05. The largest absolute Gasteiger partial charge is 0.456 e. The SMILES string of the molecule is CCc1ccnc2cc(C3(F)CC3)oc12. The van der Waals surface area contributed by atoms with Gasteiger partial charge in [-0.1, -0.05) is 6.92 Å². The minimum atomic E-state index is -1.20. The van der Waals surface area contributed by atoms with E-state index in [4.69, 9.17) is 4.42 Å². The molecule has 1 aliphatic rings. The second-order valence-corrected chi connectivity index (χ2v) is 4.11. The van der Waals surface area contributed by atoms with Gasteiger partial charge in [-0.3, -0.25) is 4.98 Å². The van der Waals surface area contributed by atoms with Crippen LogP contribution in [0.4, 0.5) is 4.39 Å². The summed E-state index contributed by atoms with van der Waals surface area (Å²) in [5.41, 5.74) is 1.41. The molecule has 3 rings (SSSR count). The minimum Gasteiger partial charge on any atom is -0.456 e. The van der Waals surface area contributed by atoms with Crippen LogP contribution in [0, 0.1) is 0 Å². The molecule has 1 fully saturated rings. The van der Waals surface area contributed by atoms with E-state index >= 15 is 0 Å². The Morgan fingerprint density at radius 3 is 3.00 bits per heavy atom. The van der Waals surface area contributed by atoms with E-state index in [1.807, 2.05) is 6.07 Å². The van der Waals surface area contributed by atoms with Crippen LogP contribution in [0.15, 0.2) is 22.7 Å². The molecule has 0 unspecified atom stereocenters. The first kappa shape index (κ1) is 8.89. The zero-order valence-electron chi connectivity index (χ0n) is 8.59. The topological polar surface area (TPSA) is 26.0 Å². The summed E-state index contributed by atoms with van der Waals surface area (Å²) in [5, 5.41) is 0. The predicted molar refractivity (Wildman–Crippen MR) is 55.4 cm³/mol. The van der Waals surface area contributed by atoms with Crippen molar-refractivity contribution in [1.82, 2.24) is 4.98 Å². The van der Waals surface area contributed by atoms with E-state index < -0.39 is 5.67 Å². The minimum absolute atomic E-state index is 0.450. The van der Waals surface area contributed by atoms with Crippen molar-refractivity contribution < 1.29 is 8.81 Å². The molecule has 0 radical (unpaired) electrons. The number of fused-ring (bicyclic) bond motifs is 1. The summed E-state index contributed by atoms with van der Waals surface area (Å²) >= 11 is 0. The molecule has 78 valence electrons. The predicted octanol–water partition coefficient (Wildman–Crippen LogP) is 3.35. The first-order valence-corrected chi connectivity index (χ1v) is 5.30. The molecule has 2 aromatic heterocycles. The molecule has 2 nitrogen and oxygen atoms in total. The maximum Gasteiger partial charge on any atom is 0.168 e. The second kappa shape index (κ2) is 2.81. The van der Waals surface area contributed by atoms with Crippen LogP contribution in [0.1, 0.15) is 31.1 Å². The number of hydrogen-bond donors (Lipinski definition) is 0. The fourth-order valence-corrected chi connectivity index (χ4v) is 1.85. The van der Waals surface area contributed by atoms with Crippen LogP contribution in [-0.2, 0) is 12.1 Å². The van der Waals surface area contributed by atoms with Gasteiger partial charge in [0.1, 0.15) is 11.3 Å². The number of nitrogens with zero attached hydrogens (tertiary/aromatic N) is 1. The highest BCUT2D eigenvalue weighted by atomic mass is 19.1. The van der Waals surface area contributed by atoms with Crippen molar-refractivity contribution in [2.75, 3.05) is 0 Å². The molecule has 0 bridgehead atoms. The van der Waals surface area contributed by atoms with Crippen molar-refractivity contribution in [2.45, 2.75) is 31.9 Å². The number of alkyl halides is 1. The molecule has 0 spiro atoms. The molecular formula is C12H12FNO. The lowest BCUT2D eigenvalue weighted by atomic mass is 10.2. The Bertz CT molecular complexity index is 513. The quantitative estimate of drug-likeness (QED) is 0.751. The van der Waals surface area contributed by atoms with Gasteiger partial charge in [0.25, 0.3) is 0 Å². The highest BCUT2D eigenvalue weighted by Gasteiger charge is 2.48. The molecular weight excluding hydrogens is 193 g/mol. The third kappa shape index (κ3) is 1.26. The van der Waals surface area contributed by atoms with E-state index in [1.54, 1.807) is 12.3 Å². The van der Waals surface area contributed by atoms with Crippen molar-refractivity contribution in [1.29, 1.82) is 0 Å². The van der Waals surface area contributed by atoms with Gasteiger partial charge in [0.15, 0.2) is 11.3 Å². The van der Waals surface area contributed by atoms with E-state index in [0.29, 0.717) is 18.6 Å². The highest BCUT2D eigenvalue weighted by Crippen LogP contribution is 2.50. The standard InChI is InChI=1S/C12H12FNO/c1-2-8-3-6-14-9-7-10(15-11(8)9)12(13)4-5-12/h3,6-7H,2,4-5H2,1H3. The number of rotatable bonds is 2. The molecule has 0 aromatic carbocycles. The lowest BCUT2D eigenvalue weighted by Crippen LogP contribution is -1.93. The summed E-state index contributed by atoms with van der Waals surface area (Å²) in [7, 11) is 0. The van der Waals surface area contributed by atoms with Gasteiger partial charge in [0, 0.05) is 12.3 Å². The van der Waals surface area contributed by atoms with Gasteiger partial charge in [-0.2, -0.15) is 0 Å². The maximum absolute atomic E-state index is 13.8. The van der Waals surface area contributed by atoms with Crippen molar-refractivity contribution >= 4 is 11.1 Å². The molecule has 3 heteroatoms. The van der Waals surface area contributed by atoms with Gasteiger partial charge >= 0.3 is 0 Å². The number of hydrogen-bond acceptors (Lipinski definition) is 2. The summed E-state index contributed by atoms with van der Waals surface area (Å²) in [6.07, 6.45) is 3.78. The third-order valence-corrected chi connectivity index (χ3v) is 3.00. The van der Waals surface area contributed by atoms with Gasteiger partial charge < -0.3 is 4.42 Å². The van der Waals surface area contributed by atoms with Crippen LogP contribution in [0.2, 0.25) is 0 Å². The smallest absolute Gasteiger partial charge is 0.168 e. The third-order valence-electron chi connectivity index (χ3n) is 3.00. The van der Waals surface area contributed by atoms with Crippen LogP contribution in [0.3, 0.4) is 0 Å². The van der Waals surface area contributed by atoms with Crippen molar-refractivity contribution in [3.63, 3.8) is 0 Å². The normalized spacial score (nSPS) is 18.3. The molecule has 0 saturated heterocycles. The molecule has 2 heterocycles. The average Bonchev–Trinajstić information content (AvgIpc) is 2.84. The molecule has 0 amide bonds. The second-order valence-electron chi connectivity index (χ2n) is 4.11. The highest BCUT2D eigenvalue weighted by molar-refractivity contribution is 5.77. The monoisotopic (exact) mass is 205 g/mol. The number of aryl methyl sites for hydroxylation is 1. The summed E-state index contributed by atoms with van der Waals surface area (Å²) < 4.78 is 19.4. The van der Waals surface area contributed by atoms with Crippen molar-refractivity contribution in [3.05, 3.63) is 29.7 Å². The molecule has 0 N–H and O–H groups in total. The Hall–Kier alpha value is -1.38. The Morgan fingerprint density at radius 1 is 1.53 bits per heavy atom. The van der Waals surface area contributed by atoms with Gasteiger partial charge in [-0.15, -0.1) is 0 Å². The molecule has 15 heavy (non-hydrogen) atoms. The Balaban J connectivity index is 2.21. The van der Waals surface area contributed by atoms with Gasteiger partial charge in [0.2, 0.25) is 0 Å². The lowest BCUT2D eigenvalue weighted by molar-refractivity contribution is 0.267. The Labute approximate surface area is 87.1 Å². The van der Waals surface area contributed by atoms with Crippen LogP contribution >= 0.6 is 0 Å². The van der Waals surface area contributed by atoms with Gasteiger partial charge in [0.05, 0.1) is 0 Å². The fourth-order valence-electron chi connectivity index (χ4n) is 1.85. The van der Waals surface area contributed by atoms with Gasteiger partial charge in [-0.05, 0) is 30.9 Å². The van der Waals surface area contributed by atoms with Crippen LogP contribution in [0.25, 0.3) is 11.1 Å². The summed E-state index contributed by atoms with van der Waals surface area (Å²) in [6, 6.07) is 3.66. The summed E-state index contributed by atoms with van der Waals surface area (Å²) in [5.74, 6) is 0.450. The van der Waals surface area contributed by atoms with E-state index in [-0.39, 0.29) is 0 Å². The maximum atomic E-state index is 13.8. The van der Waals surface area contributed by atoms with Crippen LogP contribution in [-0.4, -0.2) is 4.98 Å². The fraction of sp³-hybridized carbons (Fsp3) is 0.417. The van der Waals surface area contributed by atoms with Gasteiger partial charge in [-0.25, -0.2) is 4.39 Å². The number of pyridine rings is 1. The summed E-state index contributed by atoms with van der Waals surface area (Å²) in [4.78, 5) is 4.19. The van der Waals surface area contributed by atoms with Crippen molar-refractivity contribution in [2.24, 2.45) is 0 Å². The first-order valence-electron chi connectivity index (χ1n) is 5.30. The van der Waals surface area contributed by atoms with E-state index in [2.05, 4.69) is 11.9 Å². The van der Waals surface area contributed by atoms with Crippen molar-refractivity contribution in [3.8, 4) is 0 Å². The van der Waals surface area contributed by atoms with E-state index in [1.165, 1.54) is 0 Å². The van der Waals surface area contributed by atoms with E-state index in [9.17, 15) is 4.39 Å². The van der Waals surface area contributed by atoms with Crippen LogP contribution < -0.4 is 0 Å². The number of furan rings is 1. The van der Waals surface area contributed by atoms with E-state index in [0.717, 1.165) is 23.1 Å². The molecule has 0 atom stereocenters. The zero-order valence-corrected chi connectivity index (χ0v) is 8.59. The van der Waals surface area contributed by atoms with Crippen LogP contribution in [0.5, 0.6) is 0 Å². The number of halogens is 1. The lowest BCUT2D eigenvalue weighted by Gasteiger charge is -1.98.